The van der Waals surface area contributed by atoms with Crippen LogP contribution in [-0.2, 0) is 20.8 Å². The second kappa shape index (κ2) is 10.0. The van der Waals surface area contributed by atoms with E-state index in [0.717, 1.165) is 0 Å². The maximum absolute atomic E-state index is 12.6. The van der Waals surface area contributed by atoms with Gasteiger partial charge in [0.15, 0.2) is 0 Å². The first kappa shape index (κ1) is 21.6. The summed E-state index contributed by atoms with van der Waals surface area (Å²) in [5.41, 5.74) is 0.684. The second-order valence-corrected chi connectivity index (χ2v) is 6.71. The van der Waals surface area contributed by atoms with Crippen molar-refractivity contribution in [1.29, 1.82) is 0 Å². The van der Waals surface area contributed by atoms with Crippen molar-refractivity contribution in [2.45, 2.75) is 45.3 Å². The number of hydrogen-bond acceptors (Lipinski definition) is 4. The van der Waals surface area contributed by atoms with Gasteiger partial charge in [0.2, 0.25) is 11.8 Å². The number of alkyl halides is 2. The zero-order valence-electron chi connectivity index (χ0n) is 15.6. The summed E-state index contributed by atoms with van der Waals surface area (Å²) in [6.45, 7) is -0.937. The van der Waals surface area contributed by atoms with Crippen LogP contribution in [0.1, 0.15) is 31.7 Å². The number of carbonyl (C=O) groups excluding carboxylic acids is 2. The highest BCUT2D eigenvalue weighted by atomic mass is 19.3. The second-order valence-electron chi connectivity index (χ2n) is 6.71. The third kappa shape index (κ3) is 6.47. The van der Waals surface area contributed by atoms with E-state index in [9.17, 15) is 23.2 Å². The number of aliphatic carboxylic acids is 1. The Labute approximate surface area is 161 Å². The molecule has 0 radical (unpaired) electrons. The number of hydrogen-bond donors (Lipinski definition) is 1. The molecular formula is C19H24F2N2O5. The van der Waals surface area contributed by atoms with Gasteiger partial charge in [0, 0.05) is 26.1 Å². The van der Waals surface area contributed by atoms with Crippen molar-refractivity contribution >= 4 is 17.8 Å². The highest BCUT2D eigenvalue weighted by Gasteiger charge is 2.27. The molecule has 0 bridgehead atoms. The number of carbonyl (C=O) groups is 3. The Morgan fingerprint density at radius 1 is 1.21 bits per heavy atom. The van der Waals surface area contributed by atoms with Gasteiger partial charge in [-0.05, 0) is 37.0 Å². The van der Waals surface area contributed by atoms with E-state index in [1.165, 1.54) is 24.0 Å². The summed E-state index contributed by atoms with van der Waals surface area (Å²) in [7, 11) is 0. The van der Waals surface area contributed by atoms with E-state index in [0.29, 0.717) is 37.9 Å². The topological polar surface area (TPSA) is 87.2 Å². The monoisotopic (exact) mass is 398 g/mol. The van der Waals surface area contributed by atoms with Crippen molar-refractivity contribution < 1.29 is 33.0 Å². The molecule has 9 heteroatoms. The number of rotatable bonds is 7. The lowest BCUT2D eigenvalue weighted by Crippen LogP contribution is -2.43. The van der Waals surface area contributed by atoms with Crippen molar-refractivity contribution in [2.75, 3.05) is 19.6 Å². The van der Waals surface area contributed by atoms with E-state index in [2.05, 4.69) is 4.74 Å². The lowest BCUT2D eigenvalue weighted by molar-refractivity contribution is -0.145. The highest BCUT2D eigenvalue weighted by Crippen LogP contribution is 2.19. The molecule has 28 heavy (non-hydrogen) atoms. The molecular weight excluding hydrogens is 374 g/mol. The molecule has 0 spiro atoms. The van der Waals surface area contributed by atoms with Gasteiger partial charge in [0.25, 0.3) is 0 Å². The van der Waals surface area contributed by atoms with E-state index < -0.39 is 12.6 Å². The van der Waals surface area contributed by atoms with Crippen LogP contribution in [0.25, 0.3) is 0 Å². The number of benzene rings is 1. The number of likely N-dealkylation sites (tertiary alicyclic amines) is 1. The third-order valence-corrected chi connectivity index (χ3v) is 4.71. The average molecular weight is 398 g/mol. The van der Waals surface area contributed by atoms with Crippen LogP contribution in [-0.4, -0.2) is 65.0 Å². The van der Waals surface area contributed by atoms with Crippen LogP contribution in [0.3, 0.4) is 0 Å². The van der Waals surface area contributed by atoms with Crippen molar-refractivity contribution in [3.8, 4) is 5.75 Å². The summed E-state index contributed by atoms with van der Waals surface area (Å²) in [5.74, 6) is -1.42. The van der Waals surface area contributed by atoms with Crippen molar-refractivity contribution in [3.63, 3.8) is 0 Å². The highest BCUT2D eigenvalue weighted by molar-refractivity contribution is 5.80. The summed E-state index contributed by atoms with van der Waals surface area (Å²) < 4.78 is 28.6. The lowest BCUT2D eigenvalue weighted by Gasteiger charge is -2.28. The van der Waals surface area contributed by atoms with Gasteiger partial charge < -0.3 is 19.6 Å². The zero-order chi connectivity index (χ0) is 20.7. The number of ether oxygens (including phenoxy) is 1. The average Bonchev–Trinajstić information content (AvgIpc) is 2.86. The minimum Gasteiger partial charge on any atom is -0.480 e. The summed E-state index contributed by atoms with van der Waals surface area (Å²) in [4.78, 5) is 38.4. The van der Waals surface area contributed by atoms with Crippen LogP contribution in [0.15, 0.2) is 24.3 Å². The minimum atomic E-state index is -2.90. The van der Waals surface area contributed by atoms with Gasteiger partial charge in [-0.25, -0.2) is 0 Å². The predicted octanol–water partition coefficient (Wildman–Crippen LogP) is 2.14. The number of nitrogens with zero attached hydrogens (tertiary/aromatic N) is 2. The first-order chi connectivity index (χ1) is 13.3. The molecule has 2 rings (SSSR count). The fourth-order valence-electron chi connectivity index (χ4n) is 3.36. The number of carboxylic acids is 1. The lowest BCUT2D eigenvalue weighted by atomic mass is 10.1. The maximum atomic E-state index is 12.6. The summed E-state index contributed by atoms with van der Waals surface area (Å²) >= 11 is 0. The minimum absolute atomic E-state index is 0.0339. The molecule has 1 atom stereocenters. The molecule has 1 aliphatic rings. The van der Waals surface area contributed by atoms with Gasteiger partial charge in [-0.15, -0.1) is 0 Å². The Bertz CT molecular complexity index is 696. The molecule has 7 nitrogen and oxygen atoms in total. The Balaban J connectivity index is 1.93. The van der Waals surface area contributed by atoms with Crippen molar-refractivity contribution in [2.24, 2.45) is 0 Å². The Kier molecular flexibility index (Phi) is 7.71. The van der Waals surface area contributed by atoms with Gasteiger partial charge in [-0.3, -0.25) is 14.4 Å². The van der Waals surface area contributed by atoms with E-state index in [1.807, 2.05) is 0 Å². The van der Waals surface area contributed by atoms with E-state index in [-0.39, 0.29) is 36.6 Å². The van der Waals surface area contributed by atoms with E-state index in [4.69, 9.17) is 5.11 Å². The Hall–Kier alpha value is -2.71. The van der Waals surface area contributed by atoms with Crippen LogP contribution in [0.5, 0.6) is 5.75 Å². The molecule has 1 aliphatic heterocycles. The third-order valence-electron chi connectivity index (χ3n) is 4.71. The van der Waals surface area contributed by atoms with Crippen LogP contribution in [0.4, 0.5) is 8.78 Å². The van der Waals surface area contributed by atoms with E-state index in [1.54, 1.807) is 17.0 Å². The zero-order valence-corrected chi connectivity index (χ0v) is 15.6. The van der Waals surface area contributed by atoms with E-state index >= 15 is 0 Å². The van der Waals surface area contributed by atoms with Crippen LogP contribution < -0.4 is 4.74 Å². The molecule has 0 aromatic heterocycles. The fraction of sp³-hybridized carbons (Fsp3) is 0.526. The summed E-state index contributed by atoms with van der Waals surface area (Å²) in [6.07, 6.45) is 1.95. The Morgan fingerprint density at radius 3 is 2.46 bits per heavy atom. The van der Waals surface area contributed by atoms with Crippen LogP contribution in [0.2, 0.25) is 0 Å². The fourth-order valence-corrected chi connectivity index (χ4v) is 3.36. The predicted molar refractivity (Wildman–Crippen MR) is 96.0 cm³/mol. The van der Waals surface area contributed by atoms with Gasteiger partial charge in [-0.1, -0.05) is 12.1 Å². The number of carboxylic acid groups (broad SMARTS) is 1. The van der Waals surface area contributed by atoms with Gasteiger partial charge in [0.05, 0.1) is 6.42 Å². The molecule has 1 saturated heterocycles. The standard InChI is InChI=1S/C19H24F2N2O5/c1-13(24)23(12-18(26)27)15-3-2-9-22(10-8-15)17(25)11-14-4-6-16(7-5-14)28-19(20)21/h4-7,15,19H,2-3,8-12H2,1H3,(H,26,27). The normalized spacial score (nSPS) is 17.1. The largest absolute Gasteiger partial charge is 0.480 e. The number of halogens is 2. The molecule has 1 fully saturated rings. The van der Waals surface area contributed by atoms with Gasteiger partial charge in [-0.2, -0.15) is 8.78 Å². The Morgan fingerprint density at radius 2 is 1.89 bits per heavy atom. The van der Waals surface area contributed by atoms with Crippen molar-refractivity contribution in [3.05, 3.63) is 29.8 Å². The van der Waals surface area contributed by atoms with Gasteiger partial charge in [0.1, 0.15) is 12.3 Å². The summed E-state index contributed by atoms with van der Waals surface area (Å²) in [6, 6.07) is 5.71. The van der Waals surface area contributed by atoms with Crippen LogP contribution >= 0.6 is 0 Å². The smallest absolute Gasteiger partial charge is 0.387 e. The quantitative estimate of drug-likeness (QED) is 0.761. The molecule has 1 aromatic carbocycles. The molecule has 154 valence electrons. The maximum Gasteiger partial charge on any atom is 0.387 e. The summed E-state index contributed by atoms with van der Waals surface area (Å²) in [5, 5.41) is 9.00. The molecule has 1 N–H and O–H groups in total. The molecule has 1 heterocycles. The molecule has 0 aliphatic carbocycles. The molecule has 2 amide bonds. The molecule has 1 unspecified atom stereocenters. The first-order valence-corrected chi connectivity index (χ1v) is 9.06. The van der Waals surface area contributed by atoms with Gasteiger partial charge >= 0.3 is 12.6 Å². The SMILES string of the molecule is CC(=O)N(CC(=O)O)C1CCCN(C(=O)Cc2ccc(OC(F)F)cc2)CC1. The molecule has 0 saturated carbocycles. The molecule has 1 aromatic rings. The van der Waals surface area contributed by atoms with Crippen LogP contribution in [0, 0.1) is 0 Å². The number of amides is 2. The van der Waals surface area contributed by atoms with Crippen molar-refractivity contribution in [1.82, 2.24) is 9.80 Å². The first-order valence-electron chi connectivity index (χ1n) is 9.06.